The predicted molar refractivity (Wildman–Crippen MR) is 194 cm³/mol. The van der Waals surface area contributed by atoms with Crippen molar-refractivity contribution in [3.63, 3.8) is 0 Å². The van der Waals surface area contributed by atoms with E-state index < -0.39 is 16.1 Å². The molecule has 0 N–H and O–H groups in total. The van der Waals surface area contributed by atoms with Gasteiger partial charge in [0.05, 0.1) is 0 Å². The molecule has 0 saturated carbocycles. The second kappa shape index (κ2) is 11.4. The van der Waals surface area contributed by atoms with Crippen molar-refractivity contribution in [1.82, 2.24) is 0 Å². The lowest BCUT2D eigenvalue weighted by Gasteiger charge is -2.30. The molecule has 214 valence electrons. The molecule has 0 aliphatic heterocycles. The normalized spacial score (nSPS) is 12.5. The summed E-state index contributed by atoms with van der Waals surface area (Å²) in [6.07, 6.45) is 0. The highest BCUT2D eigenvalue weighted by Crippen LogP contribution is 2.39. The summed E-state index contributed by atoms with van der Waals surface area (Å²) < 4.78 is 0. The summed E-state index contributed by atoms with van der Waals surface area (Å²) in [5.41, 5.74) is 12.6. The van der Waals surface area contributed by atoms with Crippen molar-refractivity contribution in [1.29, 1.82) is 0 Å². The smallest absolute Gasteiger partial charge is 0.126 e. The third-order valence-corrected chi connectivity index (χ3v) is 21.5. The number of hydrogen-bond donors (Lipinski definition) is 0. The lowest BCUT2D eigenvalue weighted by atomic mass is 9.89. The fourth-order valence-corrected chi connectivity index (χ4v) is 10.8. The van der Waals surface area contributed by atoms with Crippen LogP contribution in [0.2, 0.25) is 35.3 Å². The van der Waals surface area contributed by atoms with Crippen LogP contribution in [0.15, 0.2) is 72.8 Å². The first kappa shape index (κ1) is 30.2. The summed E-state index contributed by atoms with van der Waals surface area (Å²) in [5.74, 6) is 7.74. The summed E-state index contributed by atoms with van der Waals surface area (Å²) in [6.45, 7) is 23.8. The Morgan fingerprint density at radius 1 is 0.429 bits per heavy atom. The fourth-order valence-electron chi connectivity index (χ4n) is 6.17. The highest BCUT2D eigenvalue weighted by molar-refractivity contribution is 6.89. The van der Waals surface area contributed by atoms with Gasteiger partial charge in [0.2, 0.25) is 0 Å². The van der Waals surface area contributed by atoms with Crippen molar-refractivity contribution < 1.29 is 0 Å². The van der Waals surface area contributed by atoms with Gasteiger partial charge in [-0.1, -0.05) is 129 Å². The molecular formula is C40H46Si2. The van der Waals surface area contributed by atoms with Gasteiger partial charge in [-0.3, -0.25) is 0 Å². The van der Waals surface area contributed by atoms with Gasteiger partial charge in [0, 0.05) is 11.1 Å². The molecule has 5 rings (SSSR count). The Morgan fingerprint density at radius 3 is 0.881 bits per heavy atom. The Hall–Kier alpha value is -3.31. The molecule has 0 aromatic heterocycles. The molecule has 2 heteroatoms. The van der Waals surface area contributed by atoms with E-state index in [1.165, 1.54) is 43.1 Å². The van der Waals surface area contributed by atoms with Crippen LogP contribution in [0.3, 0.4) is 0 Å². The second-order valence-electron chi connectivity index (χ2n) is 13.9. The zero-order chi connectivity index (χ0) is 30.4. The van der Waals surface area contributed by atoms with Crippen LogP contribution in [0.4, 0.5) is 0 Å². The van der Waals surface area contributed by atoms with Gasteiger partial charge in [-0.05, 0) is 89.5 Å². The Bertz CT molecular complexity index is 1680. The molecular weight excluding hydrogens is 537 g/mol. The van der Waals surface area contributed by atoms with E-state index in [4.69, 9.17) is 0 Å². The Balaban J connectivity index is 2.00. The molecule has 0 aliphatic rings. The van der Waals surface area contributed by atoms with E-state index in [9.17, 15) is 0 Å². The van der Waals surface area contributed by atoms with Crippen LogP contribution < -0.4 is 0 Å². The highest BCUT2D eigenvalue weighted by Gasteiger charge is 2.34. The van der Waals surface area contributed by atoms with Crippen LogP contribution in [0.25, 0.3) is 43.1 Å². The molecule has 0 spiro atoms. The molecule has 0 amide bonds. The largest absolute Gasteiger partial charge is 0.140 e. The minimum atomic E-state index is -1.83. The summed E-state index contributed by atoms with van der Waals surface area (Å²) in [6, 6.07) is 27.0. The van der Waals surface area contributed by atoms with Crippen LogP contribution in [-0.4, -0.2) is 16.1 Å². The molecule has 0 unspecified atom stereocenters. The third kappa shape index (κ3) is 5.21. The first-order valence-electron chi connectivity index (χ1n) is 15.7. The van der Waals surface area contributed by atoms with Crippen molar-refractivity contribution in [2.75, 3.05) is 0 Å². The lowest BCUT2D eigenvalue weighted by Crippen LogP contribution is -2.36. The van der Waals surface area contributed by atoms with Gasteiger partial charge in [-0.25, -0.2) is 0 Å². The van der Waals surface area contributed by atoms with Gasteiger partial charge < -0.3 is 0 Å². The fraction of sp³-hybridized carbons (Fsp3) is 0.350. The molecule has 0 nitrogen and oxygen atoms in total. The Labute approximate surface area is 255 Å². The maximum Gasteiger partial charge on any atom is 0.140 e. The number of hydrogen-bond acceptors (Lipinski definition) is 0. The third-order valence-electron chi connectivity index (χ3n) is 10.6. The molecule has 0 bridgehead atoms. The van der Waals surface area contributed by atoms with Crippen molar-refractivity contribution in [2.45, 2.75) is 90.6 Å². The summed E-state index contributed by atoms with van der Waals surface area (Å²) in [7, 11) is -3.66. The van der Waals surface area contributed by atoms with Crippen LogP contribution in [0.5, 0.6) is 0 Å². The van der Waals surface area contributed by atoms with Crippen LogP contribution in [-0.2, 0) is 0 Å². The second-order valence-corrected chi connectivity index (χ2v) is 24.2. The molecule has 0 atom stereocenters. The van der Waals surface area contributed by atoms with Crippen LogP contribution >= 0.6 is 0 Å². The van der Waals surface area contributed by atoms with Crippen LogP contribution in [0, 0.1) is 22.9 Å². The minimum absolute atomic E-state index is 0.587. The Morgan fingerprint density at radius 2 is 0.667 bits per heavy atom. The van der Waals surface area contributed by atoms with Gasteiger partial charge in [-0.15, -0.1) is 11.1 Å². The van der Waals surface area contributed by atoms with Gasteiger partial charge in [0.1, 0.15) is 16.1 Å². The van der Waals surface area contributed by atoms with E-state index in [0.29, 0.717) is 22.2 Å². The molecule has 5 aromatic carbocycles. The topological polar surface area (TPSA) is 0 Å². The minimum Gasteiger partial charge on any atom is -0.126 e. The standard InChI is InChI=1S/C40H46Si2/c1-27(2)41(9,28(3)4)21-19-35-37-23-31-15-11-13-17-33(31)25-39(37)36(20-22-42(10,29(5)6)30(7)8)40-26-34-18-14-12-16-32(34)24-38(35)40/h11-18,23-30H,1-10H3. The maximum absolute atomic E-state index is 3.96. The van der Waals surface area contributed by atoms with Gasteiger partial charge in [0.15, 0.2) is 0 Å². The lowest BCUT2D eigenvalue weighted by molar-refractivity contribution is 0.920. The van der Waals surface area contributed by atoms with E-state index in [1.807, 2.05) is 0 Å². The zero-order valence-electron chi connectivity index (χ0n) is 27.2. The van der Waals surface area contributed by atoms with Gasteiger partial charge in [-0.2, -0.15) is 0 Å². The molecule has 42 heavy (non-hydrogen) atoms. The molecule has 0 heterocycles. The van der Waals surface area contributed by atoms with Crippen LogP contribution in [0.1, 0.15) is 66.5 Å². The van der Waals surface area contributed by atoms with E-state index in [-0.39, 0.29) is 0 Å². The highest BCUT2D eigenvalue weighted by atomic mass is 28.3. The Kier molecular flexibility index (Phi) is 8.19. The van der Waals surface area contributed by atoms with Crippen molar-refractivity contribution in [3.05, 3.63) is 83.9 Å². The number of fused-ring (bicyclic) bond motifs is 4. The zero-order valence-corrected chi connectivity index (χ0v) is 29.2. The number of benzene rings is 5. The van der Waals surface area contributed by atoms with Crippen molar-refractivity contribution >= 4 is 59.2 Å². The monoisotopic (exact) mass is 582 g/mol. The first-order chi connectivity index (χ1) is 19.9. The molecule has 0 saturated heterocycles. The van der Waals surface area contributed by atoms with Crippen molar-refractivity contribution in [3.8, 4) is 22.9 Å². The molecule has 0 aliphatic carbocycles. The quantitative estimate of drug-likeness (QED) is 0.112. The van der Waals surface area contributed by atoms with Gasteiger partial charge >= 0.3 is 0 Å². The number of rotatable bonds is 4. The van der Waals surface area contributed by atoms with E-state index in [0.717, 1.165) is 11.1 Å². The van der Waals surface area contributed by atoms with E-state index >= 15 is 0 Å². The van der Waals surface area contributed by atoms with E-state index in [1.54, 1.807) is 0 Å². The SMILES string of the molecule is CC(C)[Si](C)(C#Cc1c2cc3ccccc3cc2c(C#C[Si](C)(C(C)C)C(C)C)c2cc3ccccc3cc12)C(C)C. The average molecular weight is 583 g/mol. The molecule has 0 radical (unpaired) electrons. The summed E-state index contributed by atoms with van der Waals surface area (Å²) >= 11 is 0. The average Bonchev–Trinajstić information content (AvgIpc) is 2.96. The molecule has 0 fully saturated rings. The van der Waals surface area contributed by atoms with Crippen molar-refractivity contribution in [2.24, 2.45) is 0 Å². The summed E-state index contributed by atoms with van der Waals surface area (Å²) in [4.78, 5) is 0. The van der Waals surface area contributed by atoms with Gasteiger partial charge in [0.25, 0.3) is 0 Å². The predicted octanol–water partition coefficient (Wildman–Crippen LogP) is 11.9. The first-order valence-corrected chi connectivity index (χ1v) is 21.0. The summed E-state index contributed by atoms with van der Waals surface area (Å²) in [5, 5.41) is 9.94. The van der Waals surface area contributed by atoms with E-state index in [2.05, 4.69) is 164 Å². The molecule has 5 aromatic rings. The maximum atomic E-state index is 3.96.